The Morgan fingerprint density at radius 3 is 2.20 bits per heavy atom. The number of amides is 2. The second-order valence-corrected chi connectivity index (χ2v) is 8.83. The number of piperidine rings is 2. The van der Waals surface area contributed by atoms with Crippen LogP contribution in [0.2, 0.25) is 0 Å². The summed E-state index contributed by atoms with van der Waals surface area (Å²) >= 11 is 0. The van der Waals surface area contributed by atoms with Gasteiger partial charge in [-0.05, 0) is 71.4 Å². The van der Waals surface area contributed by atoms with E-state index >= 15 is 0 Å². The fourth-order valence-corrected chi connectivity index (χ4v) is 4.69. The van der Waals surface area contributed by atoms with Gasteiger partial charge in [0.05, 0.1) is 5.92 Å². The molecule has 2 fully saturated rings. The number of carbonyl (C=O) groups is 3. The standard InChI is InChI=1S/C24H34N2O4/c1-16-8-5-6-11-21(16)23(28)25-14-12-20(13-15-25)24(29)30-19(4)22(27)26-17(2)9-7-10-18(26)3/h5-6,8,11,17-20H,7,9-10,12-15H2,1-4H3/t17-,18+,19-/m0/s1. The third-order valence-electron chi connectivity index (χ3n) is 6.58. The van der Waals surface area contributed by atoms with E-state index in [2.05, 4.69) is 13.8 Å². The molecule has 0 radical (unpaired) electrons. The normalized spacial score (nSPS) is 23.7. The van der Waals surface area contributed by atoms with Crippen LogP contribution in [0.15, 0.2) is 24.3 Å². The highest BCUT2D eigenvalue weighted by Crippen LogP contribution is 2.25. The first-order chi connectivity index (χ1) is 14.3. The molecule has 2 heterocycles. The number of carbonyl (C=O) groups excluding carboxylic acids is 3. The van der Waals surface area contributed by atoms with E-state index in [0.717, 1.165) is 24.8 Å². The molecule has 0 saturated carbocycles. The lowest BCUT2D eigenvalue weighted by atomic mass is 9.95. The smallest absolute Gasteiger partial charge is 0.309 e. The lowest BCUT2D eigenvalue weighted by molar-refractivity contribution is -0.166. The van der Waals surface area contributed by atoms with E-state index in [1.807, 2.05) is 36.1 Å². The molecule has 0 aromatic heterocycles. The zero-order valence-corrected chi connectivity index (χ0v) is 18.6. The Bertz CT molecular complexity index is 775. The largest absolute Gasteiger partial charge is 0.452 e. The summed E-state index contributed by atoms with van der Waals surface area (Å²) in [4.78, 5) is 42.0. The summed E-state index contributed by atoms with van der Waals surface area (Å²) < 4.78 is 5.57. The third kappa shape index (κ3) is 4.85. The maximum Gasteiger partial charge on any atom is 0.309 e. The fourth-order valence-electron chi connectivity index (χ4n) is 4.69. The van der Waals surface area contributed by atoms with Crippen LogP contribution in [0.4, 0.5) is 0 Å². The van der Waals surface area contributed by atoms with E-state index < -0.39 is 6.10 Å². The molecule has 0 unspecified atom stereocenters. The Hall–Kier alpha value is -2.37. The average molecular weight is 415 g/mol. The van der Waals surface area contributed by atoms with Gasteiger partial charge in [0.1, 0.15) is 0 Å². The second-order valence-electron chi connectivity index (χ2n) is 8.83. The highest BCUT2D eigenvalue weighted by atomic mass is 16.5. The summed E-state index contributed by atoms with van der Waals surface area (Å²) in [5, 5.41) is 0. The average Bonchev–Trinajstić information content (AvgIpc) is 2.73. The van der Waals surface area contributed by atoms with Crippen LogP contribution in [0.3, 0.4) is 0 Å². The molecule has 0 N–H and O–H groups in total. The summed E-state index contributed by atoms with van der Waals surface area (Å²) in [5.41, 5.74) is 1.67. The number of esters is 1. The van der Waals surface area contributed by atoms with Crippen molar-refractivity contribution in [1.29, 1.82) is 0 Å². The monoisotopic (exact) mass is 414 g/mol. The number of benzene rings is 1. The minimum Gasteiger partial charge on any atom is -0.452 e. The van der Waals surface area contributed by atoms with Crippen molar-refractivity contribution in [3.8, 4) is 0 Å². The van der Waals surface area contributed by atoms with Crippen molar-refractivity contribution in [1.82, 2.24) is 9.80 Å². The molecule has 3 rings (SSSR count). The van der Waals surface area contributed by atoms with Crippen molar-refractivity contribution in [2.75, 3.05) is 13.1 Å². The molecule has 6 nitrogen and oxygen atoms in total. The van der Waals surface area contributed by atoms with Crippen LogP contribution in [-0.2, 0) is 14.3 Å². The number of likely N-dealkylation sites (tertiary alicyclic amines) is 2. The summed E-state index contributed by atoms with van der Waals surface area (Å²) in [6.45, 7) is 8.77. The van der Waals surface area contributed by atoms with E-state index in [1.165, 1.54) is 0 Å². The lowest BCUT2D eigenvalue weighted by Crippen LogP contribution is -2.52. The molecule has 30 heavy (non-hydrogen) atoms. The Labute approximate surface area is 179 Å². The molecule has 1 aromatic carbocycles. The van der Waals surface area contributed by atoms with Crippen LogP contribution >= 0.6 is 0 Å². The number of hydrogen-bond donors (Lipinski definition) is 0. The van der Waals surface area contributed by atoms with Crippen LogP contribution < -0.4 is 0 Å². The van der Waals surface area contributed by atoms with Gasteiger partial charge in [0.25, 0.3) is 11.8 Å². The molecular formula is C24H34N2O4. The van der Waals surface area contributed by atoms with E-state index in [9.17, 15) is 14.4 Å². The summed E-state index contributed by atoms with van der Waals surface area (Å²) in [7, 11) is 0. The van der Waals surface area contributed by atoms with Crippen LogP contribution in [-0.4, -0.2) is 58.9 Å². The molecule has 2 amide bonds. The maximum absolute atomic E-state index is 12.9. The number of aryl methyl sites for hydroxylation is 1. The van der Waals surface area contributed by atoms with E-state index in [4.69, 9.17) is 4.74 Å². The zero-order chi connectivity index (χ0) is 21.8. The summed E-state index contributed by atoms with van der Waals surface area (Å²) in [6, 6.07) is 7.92. The van der Waals surface area contributed by atoms with Crippen LogP contribution in [0, 0.1) is 12.8 Å². The number of hydrogen-bond acceptors (Lipinski definition) is 4. The molecule has 2 aliphatic heterocycles. The van der Waals surface area contributed by atoms with E-state index in [-0.39, 0.29) is 35.8 Å². The van der Waals surface area contributed by atoms with Crippen LogP contribution in [0.1, 0.15) is 68.8 Å². The van der Waals surface area contributed by atoms with Gasteiger partial charge in [-0.25, -0.2) is 0 Å². The first-order valence-electron chi connectivity index (χ1n) is 11.2. The molecule has 2 aliphatic rings. The van der Waals surface area contributed by atoms with Crippen molar-refractivity contribution in [2.24, 2.45) is 5.92 Å². The Morgan fingerprint density at radius 2 is 1.60 bits per heavy atom. The predicted molar refractivity (Wildman–Crippen MR) is 115 cm³/mol. The van der Waals surface area contributed by atoms with Gasteiger partial charge in [0.15, 0.2) is 6.10 Å². The van der Waals surface area contributed by atoms with Gasteiger partial charge in [0, 0.05) is 30.7 Å². The van der Waals surface area contributed by atoms with Gasteiger partial charge in [-0.1, -0.05) is 18.2 Å². The van der Waals surface area contributed by atoms with Crippen molar-refractivity contribution in [2.45, 2.75) is 78.0 Å². The van der Waals surface area contributed by atoms with E-state index in [1.54, 1.807) is 11.8 Å². The van der Waals surface area contributed by atoms with Crippen molar-refractivity contribution >= 4 is 17.8 Å². The topological polar surface area (TPSA) is 66.9 Å². The molecule has 164 valence electrons. The Balaban J connectivity index is 1.52. The van der Waals surface area contributed by atoms with Gasteiger partial charge >= 0.3 is 5.97 Å². The molecule has 3 atom stereocenters. The predicted octanol–water partition coefficient (Wildman–Crippen LogP) is 3.57. The maximum atomic E-state index is 12.9. The molecule has 2 saturated heterocycles. The number of rotatable bonds is 4. The molecule has 0 aliphatic carbocycles. The highest BCUT2D eigenvalue weighted by molar-refractivity contribution is 5.95. The number of nitrogens with zero attached hydrogens (tertiary/aromatic N) is 2. The SMILES string of the molecule is Cc1ccccc1C(=O)N1CCC(C(=O)O[C@@H](C)C(=O)N2[C@H](C)CCC[C@@H]2C)CC1. The lowest BCUT2D eigenvalue weighted by Gasteiger charge is -2.40. The fraction of sp³-hybridized carbons (Fsp3) is 0.625. The first-order valence-corrected chi connectivity index (χ1v) is 11.2. The Morgan fingerprint density at radius 1 is 1.00 bits per heavy atom. The van der Waals surface area contributed by atoms with Gasteiger partial charge in [0.2, 0.25) is 0 Å². The first kappa shape index (κ1) is 22.3. The van der Waals surface area contributed by atoms with Crippen molar-refractivity contribution in [3.63, 3.8) is 0 Å². The third-order valence-corrected chi connectivity index (χ3v) is 6.58. The molecule has 1 aromatic rings. The molecule has 0 bridgehead atoms. The van der Waals surface area contributed by atoms with Crippen molar-refractivity contribution in [3.05, 3.63) is 35.4 Å². The van der Waals surface area contributed by atoms with Crippen LogP contribution in [0.5, 0.6) is 0 Å². The minimum absolute atomic E-state index is 0.0107. The zero-order valence-electron chi connectivity index (χ0n) is 18.6. The molecule has 6 heteroatoms. The van der Waals surface area contributed by atoms with Gasteiger partial charge in [-0.3, -0.25) is 14.4 Å². The minimum atomic E-state index is -0.771. The Kier molecular flexibility index (Phi) is 7.16. The van der Waals surface area contributed by atoms with Gasteiger partial charge in [-0.2, -0.15) is 0 Å². The summed E-state index contributed by atoms with van der Waals surface area (Å²) in [5.74, 6) is -0.680. The van der Waals surface area contributed by atoms with Gasteiger partial charge < -0.3 is 14.5 Å². The van der Waals surface area contributed by atoms with Crippen LogP contribution in [0.25, 0.3) is 0 Å². The van der Waals surface area contributed by atoms with E-state index in [0.29, 0.717) is 31.5 Å². The van der Waals surface area contributed by atoms with Gasteiger partial charge in [-0.15, -0.1) is 0 Å². The van der Waals surface area contributed by atoms with Crippen molar-refractivity contribution < 1.29 is 19.1 Å². The molecular weight excluding hydrogens is 380 g/mol. The second kappa shape index (κ2) is 9.63. The quantitative estimate of drug-likeness (QED) is 0.707. The highest BCUT2D eigenvalue weighted by Gasteiger charge is 2.35. The number of ether oxygens (including phenoxy) is 1. The summed E-state index contributed by atoms with van der Waals surface area (Å²) in [6.07, 6.45) is 3.46. The molecule has 0 spiro atoms.